The van der Waals surface area contributed by atoms with Gasteiger partial charge in [-0.05, 0) is 62.7 Å². The summed E-state index contributed by atoms with van der Waals surface area (Å²) in [5.41, 5.74) is 2.81. The summed E-state index contributed by atoms with van der Waals surface area (Å²) in [5, 5.41) is 8.89. The Balaban J connectivity index is 1.74. The van der Waals surface area contributed by atoms with E-state index < -0.39 is 5.97 Å². The lowest BCUT2D eigenvalue weighted by Gasteiger charge is -2.32. The van der Waals surface area contributed by atoms with Gasteiger partial charge in [0, 0.05) is 13.0 Å². The lowest BCUT2D eigenvalue weighted by Crippen LogP contribution is -2.37. The molecule has 0 bridgehead atoms. The number of likely N-dealkylation sites (tertiary alicyclic amines) is 1. The molecule has 110 valence electrons. The van der Waals surface area contributed by atoms with Crippen molar-refractivity contribution < 1.29 is 9.90 Å². The highest BCUT2D eigenvalue weighted by molar-refractivity contribution is 5.67. The molecule has 2 rings (SSSR count). The van der Waals surface area contributed by atoms with E-state index in [4.69, 9.17) is 5.11 Å². The summed E-state index contributed by atoms with van der Waals surface area (Å²) < 4.78 is 0. The fourth-order valence-corrected chi connectivity index (χ4v) is 3.15. The summed E-state index contributed by atoms with van der Waals surface area (Å²) in [4.78, 5) is 13.2. The van der Waals surface area contributed by atoms with Crippen molar-refractivity contribution in [2.24, 2.45) is 5.92 Å². The van der Waals surface area contributed by atoms with Gasteiger partial charge in [0.1, 0.15) is 0 Å². The van der Waals surface area contributed by atoms with Crippen molar-refractivity contribution in [3.63, 3.8) is 0 Å². The Morgan fingerprint density at radius 1 is 1.40 bits per heavy atom. The largest absolute Gasteiger partial charge is 0.481 e. The van der Waals surface area contributed by atoms with Gasteiger partial charge in [-0.2, -0.15) is 0 Å². The summed E-state index contributed by atoms with van der Waals surface area (Å²) in [6.45, 7) is 5.34. The second kappa shape index (κ2) is 7.44. The second-order valence-electron chi connectivity index (χ2n) is 5.94. The van der Waals surface area contributed by atoms with Crippen LogP contribution < -0.4 is 0 Å². The Bertz CT molecular complexity index is 444. The first-order chi connectivity index (χ1) is 9.65. The van der Waals surface area contributed by atoms with Gasteiger partial charge in [-0.1, -0.05) is 24.3 Å². The van der Waals surface area contributed by atoms with Crippen LogP contribution in [0.3, 0.4) is 0 Å². The van der Waals surface area contributed by atoms with Crippen LogP contribution >= 0.6 is 0 Å². The Kier molecular flexibility index (Phi) is 5.60. The maximum absolute atomic E-state index is 10.8. The molecular formula is C17H25NO2. The fraction of sp³-hybridized carbons (Fsp3) is 0.588. The highest BCUT2D eigenvalue weighted by atomic mass is 16.4. The average Bonchev–Trinajstić information content (AvgIpc) is 2.41. The highest BCUT2D eigenvalue weighted by Gasteiger charge is 2.21. The van der Waals surface area contributed by atoms with Crippen molar-refractivity contribution >= 4 is 5.97 Å². The third-order valence-corrected chi connectivity index (χ3v) is 4.25. The molecule has 1 saturated heterocycles. The number of rotatable bonds is 6. The van der Waals surface area contributed by atoms with E-state index in [1.54, 1.807) is 0 Å². The molecule has 0 saturated carbocycles. The zero-order valence-corrected chi connectivity index (χ0v) is 12.3. The van der Waals surface area contributed by atoms with Crippen molar-refractivity contribution in [2.75, 3.05) is 19.6 Å². The molecule has 0 amide bonds. The standard InChI is InChI=1S/C17H25NO2/c1-14-6-2-3-8-16(14)9-5-11-18-10-4-7-15(13-18)12-17(19)20/h2-3,6,8,15H,4-5,7,9-13H2,1H3,(H,19,20). The number of carbonyl (C=O) groups is 1. The van der Waals surface area contributed by atoms with Crippen LogP contribution in [0, 0.1) is 12.8 Å². The molecule has 20 heavy (non-hydrogen) atoms. The van der Waals surface area contributed by atoms with E-state index in [0.29, 0.717) is 12.3 Å². The van der Waals surface area contributed by atoms with E-state index in [-0.39, 0.29) is 0 Å². The van der Waals surface area contributed by atoms with Crippen LogP contribution in [0.5, 0.6) is 0 Å². The van der Waals surface area contributed by atoms with Gasteiger partial charge in [0.2, 0.25) is 0 Å². The molecule has 1 aliphatic heterocycles. The van der Waals surface area contributed by atoms with Gasteiger partial charge in [0.05, 0.1) is 0 Å². The van der Waals surface area contributed by atoms with Crippen LogP contribution in [0.1, 0.15) is 36.8 Å². The van der Waals surface area contributed by atoms with Crippen molar-refractivity contribution in [1.29, 1.82) is 0 Å². The Hall–Kier alpha value is -1.35. The highest BCUT2D eigenvalue weighted by Crippen LogP contribution is 2.20. The number of carboxylic acid groups (broad SMARTS) is 1. The summed E-state index contributed by atoms with van der Waals surface area (Å²) in [6, 6.07) is 8.56. The SMILES string of the molecule is Cc1ccccc1CCCN1CCCC(CC(=O)O)C1. The van der Waals surface area contributed by atoms with Crippen LogP contribution in [-0.4, -0.2) is 35.6 Å². The number of aliphatic carboxylic acids is 1. The van der Waals surface area contributed by atoms with Crippen LogP contribution in [0.4, 0.5) is 0 Å². The fourth-order valence-electron chi connectivity index (χ4n) is 3.15. The van der Waals surface area contributed by atoms with Gasteiger partial charge in [0.25, 0.3) is 0 Å². The van der Waals surface area contributed by atoms with Crippen molar-refractivity contribution in [1.82, 2.24) is 4.90 Å². The number of piperidine rings is 1. The summed E-state index contributed by atoms with van der Waals surface area (Å²) in [5.74, 6) is -0.309. The molecule has 3 heteroatoms. The zero-order valence-electron chi connectivity index (χ0n) is 12.3. The molecule has 0 aromatic heterocycles. The van der Waals surface area contributed by atoms with E-state index in [1.165, 1.54) is 11.1 Å². The molecule has 1 unspecified atom stereocenters. The first kappa shape index (κ1) is 15.0. The van der Waals surface area contributed by atoms with Crippen molar-refractivity contribution in [3.05, 3.63) is 35.4 Å². The molecule has 1 heterocycles. The number of carboxylic acids is 1. The molecule has 1 aromatic carbocycles. The van der Waals surface area contributed by atoms with Crippen molar-refractivity contribution in [3.8, 4) is 0 Å². The molecule has 1 aliphatic rings. The molecule has 0 aliphatic carbocycles. The second-order valence-corrected chi connectivity index (χ2v) is 5.94. The molecule has 3 nitrogen and oxygen atoms in total. The molecule has 0 radical (unpaired) electrons. The predicted octanol–water partition coefficient (Wildman–Crippen LogP) is 3.11. The average molecular weight is 275 g/mol. The van der Waals surface area contributed by atoms with Gasteiger partial charge >= 0.3 is 5.97 Å². The van der Waals surface area contributed by atoms with Gasteiger partial charge in [-0.25, -0.2) is 0 Å². The minimum atomic E-state index is -0.656. The van der Waals surface area contributed by atoms with E-state index >= 15 is 0 Å². The molecule has 1 atom stereocenters. The monoisotopic (exact) mass is 275 g/mol. The first-order valence-electron chi connectivity index (χ1n) is 7.64. The van der Waals surface area contributed by atoms with E-state index in [1.807, 2.05) is 0 Å². The maximum atomic E-state index is 10.8. The predicted molar refractivity (Wildman–Crippen MR) is 80.9 cm³/mol. The third kappa shape index (κ3) is 4.64. The van der Waals surface area contributed by atoms with Crippen LogP contribution in [0.25, 0.3) is 0 Å². The van der Waals surface area contributed by atoms with Crippen molar-refractivity contribution in [2.45, 2.75) is 39.0 Å². The van der Waals surface area contributed by atoms with Crippen LogP contribution in [0.2, 0.25) is 0 Å². The zero-order chi connectivity index (χ0) is 14.4. The van der Waals surface area contributed by atoms with Crippen LogP contribution in [0.15, 0.2) is 24.3 Å². The topological polar surface area (TPSA) is 40.5 Å². The third-order valence-electron chi connectivity index (χ3n) is 4.25. The lowest BCUT2D eigenvalue weighted by molar-refractivity contribution is -0.138. The number of benzene rings is 1. The normalized spacial score (nSPS) is 19.9. The molecule has 0 spiro atoms. The van der Waals surface area contributed by atoms with E-state index in [2.05, 4.69) is 36.1 Å². The molecule has 1 aromatic rings. The summed E-state index contributed by atoms with van der Waals surface area (Å²) >= 11 is 0. The van der Waals surface area contributed by atoms with E-state index in [0.717, 1.165) is 45.3 Å². The first-order valence-corrected chi connectivity index (χ1v) is 7.64. The van der Waals surface area contributed by atoms with Gasteiger partial charge in [0.15, 0.2) is 0 Å². The lowest BCUT2D eigenvalue weighted by atomic mass is 9.94. The minimum absolute atomic E-state index is 0.328. The number of nitrogens with zero attached hydrogens (tertiary/aromatic N) is 1. The number of hydrogen-bond acceptors (Lipinski definition) is 2. The van der Waals surface area contributed by atoms with E-state index in [9.17, 15) is 4.79 Å². The number of hydrogen-bond donors (Lipinski definition) is 1. The molecule has 1 fully saturated rings. The summed E-state index contributed by atoms with van der Waals surface area (Å²) in [6.07, 6.45) is 4.81. The quantitative estimate of drug-likeness (QED) is 0.867. The molecule has 1 N–H and O–H groups in total. The Morgan fingerprint density at radius 2 is 2.20 bits per heavy atom. The Morgan fingerprint density at radius 3 is 2.95 bits per heavy atom. The minimum Gasteiger partial charge on any atom is -0.481 e. The van der Waals surface area contributed by atoms with Gasteiger partial charge < -0.3 is 10.0 Å². The van der Waals surface area contributed by atoms with Gasteiger partial charge in [-0.15, -0.1) is 0 Å². The Labute approximate surface area is 121 Å². The molecular weight excluding hydrogens is 250 g/mol. The number of aryl methyl sites for hydroxylation is 2. The smallest absolute Gasteiger partial charge is 0.303 e. The summed E-state index contributed by atoms with van der Waals surface area (Å²) in [7, 11) is 0. The maximum Gasteiger partial charge on any atom is 0.303 e. The van der Waals surface area contributed by atoms with Gasteiger partial charge in [-0.3, -0.25) is 4.79 Å². The van der Waals surface area contributed by atoms with Crippen LogP contribution in [-0.2, 0) is 11.2 Å².